The largest absolute Gasteiger partial charge is 0.334 e. The van der Waals surface area contributed by atoms with E-state index in [1.54, 1.807) is 25.2 Å². The van der Waals surface area contributed by atoms with Crippen LogP contribution in [0.4, 0.5) is 5.69 Å². The van der Waals surface area contributed by atoms with Gasteiger partial charge in [-0.2, -0.15) is 4.98 Å². The number of hydrogen-bond donors (Lipinski definition) is 1. The molecule has 1 heterocycles. The maximum atomic E-state index is 13.2. The molecule has 3 aromatic rings. The van der Waals surface area contributed by atoms with E-state index in [-0.39, 0.29) is 29.7 Å². The second kappa shape index (κ2) is 8.94. The second-order valence-electron chi connectivity index (χ2n) is 9.20. The van der Waals surface area contributed by atoms with Gasteiger partial charge in [0.15, 0.2) is 5.82 Å². The van der Waals surface area contributed by atoms with Gasteiger partial charge in [0.1, 0.15) is 0 Å². The molecule has 0 spiro atoms. The van der Waals surface area contributed by atoms with Crippen LogP contribution in [0.1, 0.15) is 53.6 Å². The molecule has 0 aliphatic heterocycles. The number of amides is 2. The van der Waals surface area contributed by atoms with E-state index < -0.39 is 0 Å². The fourth-order valence-electron chi connectivity index (χ4n) is 3.54. The zero-order chi connectivity index (χ0) is 23.6. The number of aromatic nitrogens is 2. The molecule has 0 unspecified atom stereocenters. The van der Waals surface area contributed by atoms with E-state index in [9.17, 15) is 9.59 Å². The molecular weight excluding hydrogens is 404 g/mol. The van der Waals surface area contributed by atoms with Crippen molar-refractivity contribution < 1.29 is 14.1 Å². The van der Waals surface area contributed by atoms with E-state index in [1.165, 1.54) is 4.90 Å². The van der Waals surface area contributed by atoms with Crippen molar-refractivity contribution in [3.63, 3.8) is 0 Å². The molecule has 0 atom stereocenters. The maximum absolute atomic E-state index is 13.2. The fraction of sp³-hybridized carbons (Fsp3) is 0.360. The van der Waals surface area contributed by atoms with Gasteiger partial charge in [0.25, 0.3) is 11.8 Å². The van der Waals surface area contributed by atoms with Crippen LogP contribution in [0.5, 0.6) is 0 Å². The summed E-state index contributed by atoms with van der Waals surface area (Å²) in [5, 5.41) is 6.99. The Morgan fingerprint density at radius 2 is 1.69 bits per heavy atom. The summed E-state index contributed by atoms with van der Waals surface area (Å²) in [5.74, 6) is 0.277. The van der Waals surface area contributed by atoms with Crippen LogP contribution in [0.2, 0.25) is 0 Å². The summed E-state index contributed by atoms with van der Waals surface area (Å²) in [6, 6.07) is 11.1. The molecule has 3 rings (SSSR count). The molecular formula is C25H30N4O3. The van der Waals surface area contributed by atoms with Crippen LogP contribution in [0.25, 0.3) is 11.5 Å². The van der Waals surface area contributed by atoms with Crippen molar-refractivity contribution in [1.29, 1.82) is 0 Å². The molecule has 0 saturated carbocycles. The van der Waals surface area contributed by atoms with E-state index in [1.807, 2.05) is 59.7 Å². The highest BCUT2D eigenvalue weighted by molar-refractivity contribution is 6.03. The highest BCUT2D eigenvalue weighted by Crippen LogP contribution is 2.27. The Labute approximate surface area is 188 Å². The van der Waals surface area contributed by atoms with Crippen LogP contribution in [0.15, 0.2) is 40.9 Å². The van der Waals surface area contributed by atoms with Crippen LogP contribution in [-0.2, 0) is 10.2 Å². The number of hydrogen-bond acceptors (Lipinski definition) is 5. The van der Waals surface area contributed by atoms with Gasteiger partial charge in [-0.05, 0) is 44.0 Å². The number of benzene rings is 2. The minimum absolute atomic E-state index is 0.0863. The van der Waals surface area contributed by atoms with Gasteiger partial charge in [0, 0.05) is 18.2 Å². The Morgan fingerprint density at radius 3 is 2.28 bits per heavy atom. The van der Waals surface area contributed by atoms with Crippen molar-refractivity contribution in [1.82, 2.24) is 15.0 Å². The van der Waals surface area contributed by atoms with Gasteiger partial charge >= 0.3 is 0 Å². The average Bonchev–Trinajstić information content (AvgIpc) is 3.20. The van der Waals surface area contributed by atoms with Crippen molar-refractivity contribution >= 4 is 17.5 Å². The molecule has 0 radical (unpaired) electrons. The third kappa shape index (κ3) is 5.04. The SMILES string of the molecule is Cc1cc(C)c(NC(=O)CN(C)C(=O)c2ccccc2-c2nc(C(C)(C)C)no2)c(C)c1. The van der Waals surface area contributed by atoms with Gasteiger partial charge in [-0.3, -0.25) is 9.59 Å². The van der Waals surface area contributed by atoms with E-state index in [4.69, 9.17) is 4.52 Å². The summed E-state index contributed by atoms with van der Waals surface area (Å²) in [7, 11) is 1.60. The van der Waals surface area contributed by atoms with Gasteiger partial charge in [-0.15, -0.1) is 0 Å². The molecule has 1 N–H and O–H groups in total. The summed E-state index contributed by atoms with van der Waals surface area (Å²) in [6.45, 7) is 11.8. The van der Waals surface area contributed by atoms with Gasteiger partial charge < -0.3 is 14.7 Å². The zero-order valence-electron chi connectivity index (χ0n) is 19.7. The predicted molar refractivity (Wildman–Crippen MR) is 125 cm³/mol. The highest BCUT2D eigenvalue weighted by Gasteiger charge is 2.25. The zero-order valence-corrected chi connectivity index (χ0v) is 19.7. The van der Waals surface area contributed by atoms with Crippen LogP contribution in [0, 0.1) is 20.8 Å². The Morgan fingerprint density at radius 1 is 1.06 bits per heavy atom. The molecule has 168 valence electrons. The Kier molecular flexibility index (Phi) is 6.48. The van der Waals surface area contributed by atoms with E-state index >= 15 is 0 Å². The van der Waals surface area contributed by atoms with Crippen molar-refractivity contribution in [2.75, 3.05) is 18.9 Å². The summed E-state index contributed by atoms with van der Waals surface area (Å²) in [5.41, 5.74) is 4.55. The first kappa shape index (κ1) is 23.2. The summed E-state index contributed by atoms with van der Waals surface area (Å²) >= 11 is 0. The minimum atomic E-state index is -0.302. The number of carbonyl (C=O) groups is 2. The summed E-state index contributed by atoms with van der Waals surface area (Å²) < 4.78 is 5.43. The van der Waals surface area contributed by atoms with Crippen LogP contribution < -0.4 is 5.32 Å². The van der Waals surface area contributed by atoms with E-state index in [0.717, 1.165) is 22.4 Å². The lowest BCUT2D eigenvalue weighted by Gasteiger charge is -2.19. The topological polar surface area (TPSA) is 88.3 Å². The summed E-state index contributed by atoms with van der Waals surface area (Å²) in [4.78, 5) is 31.7. The second-order valence-corrected chi connectivity index (χ2v) is 9.20. The lowest BCUT2D eigenvalue weighted by atomic mass is 9.96. The lowest BCUT2D eigenvalue weighted by molar-refractivity contribution is -0.116. The number of rotatable bonds is 5. The van der Waals surface area contributed by atoms with Crippen molar-refractivity contribution in [2.24, 2.45) is 0 Å². The van der Waals surface area contributed by atoms with E-state index in [2.05, 4.69) is 15.5 Å². The van der Waals surface area contributed by atoms with Gasteiger partial charge in [0.05, 0.1) is 17.7 Å². The summed E-state index contributed by atoms with van der Waals surface area (Å²) in [6.07, 6.45) is 0. The molecule has 0 aliphatic rings. The van der Waals surface area contributed by atoms with Crippen LogP contribution >= 0.6 is 0 Å². The number of nitrogens with one attached hydrogen (secondary N) is 1. The number of carbonyl (C=O) groups excluding carboxylic acids is 2. The number of anilines is 1. The average molecular weight is 435 g/mol. The molecule has 0 saturated heterocycles. The van der Waals surface area contributed by atoms with Gasteiger partial charge in [-0.25, -0.2) is 0 Å². The molecule has 0 bridgehead atoms. The van der Waals surface area contributed by atoms with Crippen molar-refractivity contribution in [3.05, 3.63) is 64.5 Å². The van der Waals surface area contributed by atoms with E-state index in [0.29, 0.717) is 17.0 Å². The molecule has 0 aliphatic carbocycles. The number of likely N-dealkylation sites (N-methyl/N-ethyl adjacent to an activating group) is 1. The van der Waals surface area contributed by atoms with Crippen molar-refractivity contribution in [3.8, 4) is 11.5 Å². The standard InChI is InChI=1S/C25H30N4O3/c1-15-12-16(2)21(17(3)13-15)26-20(30)14-29(7)23(31)19-11-9-8-10-18(19)22-27-24(28-32-22)25(4,5)6/h8-13H,14H2,1-7H3,(H,26,30). The third-order valence-electron chi connectivity index (χ3n) is 5.15. The first-order valence-electron chi connectivity index (χ1n) is 10.5. The number of aryl methyl sites for hydroxylation is 3. The first-order valence-corrected chi connectivity index (χ1v) is 10.5. The normalized spacial score (nSPS) is 11.3. The fourth-order valence-corrected chi connectivity index (χ4v) is 3.54. The van der Waals surface area contributed by atoms with Crippen LogP contribution in [-0.4, -0.2) is 40.4 Å². The number of nitrogens with zero attached hydrogens (tertiary/aromatic N) is 3. The minimum Gasteiger partial charge on any atom is -0.334 e. The lowest BCUT2D eigenvalue weighted by Crippen LogP contribution is -2.35. The van der Waals surface area contributed by atoms with Gasteiger partial charge in [-0.1, -0.05) is 55.8 Å². The monoisotopic (exact) mass is 434 g/mol. The molecule has 1 aromatic heterocycles. The quantitative estimate of drug-likeness (QED) is 0.630. The van der Waals surface area contributed by atoms with Gasteiger partial charge in [0.2, 0.25) is 5.91 Å². The predicted octanol–water partition coefficient (Wildman–Crippen LogP) is 4.67. The first-order chi connectivity index (χ1) is 15.0. The molecule has 2 amide bonds. The van der Waals surface area contributed by atoms with Crippen LogP contribution in [0.3, 0.4) is 0 Å². The molecule has 32 heavy (non-hydrogen) atoms. The van der Waals surface area contributed by atoms with Crippen molar-refractivity contribution in [2.45, 2.75) is 47.0 Å². The molecule has 7 nitrogen and oxygen atoms in total. The molecule has 7 heteroatoms. The Bertz CT molecular complexity index is 1130. The highest BCUT2D eigenvalue weighted by atomic mass is 16.5. The maximum Gasteiger partial charge on any atom is 0.258 e. The third-order valence-corrected chi connectivity index (χ3v) is 5.15. The smallest absolute Gasteiger partial charge is 0.258 e. The molecule has 0 fully saturated rings. The molecule has 2 aromatic carbocycles. The Balaban J connectivity index is 1.78. The Hall–Kier alpha value is -3.48.